The fraction of sp³-hybridized carbons (Fsp3) is 0.448. The summed E-state index contributed by atoms with van der Waals surface area (Å²) in [5.74, 6) is -0.650. The van der Waals surface area contributed by atoms with Crippen LogP contribution in [0.2, 0.25) is 0 Å². The zero-order valence-corrected chi connectivity index (χ0v) is 21.6. The van der Waals surface area contributed by atoms with Crippen LogP contribution in [0, 0.1) is 5.92 Å². The van der Waals surface area contributed by atoms with Crippen molar-refractivity contribution in [3.63, 3.8) is 0 Å². The van der Waals surface area contributed by atoms with Gasteiger partial charge in [-0.05, 0) is 55.7 Å². The van der Waals surface area contributed by atoms with Crippen molar-refractivity contribution in [3.8, 4) is 0 Å². The average Bonchev–Trinajstić information content (AvgIpc) is 3.35. The van der Waals surface area contributed by atoms with E-state index in [2.05, 4.69) is 46.8 Å². The van der Waals surface area contributed by atoms with E-state index in [1.165, 1.54) is 19.3 Å². The predicted octanol–water partition coefficient (Wildman–Crippen LogP) is 2.46. The van der Waals surface area contributed by atoms with Crippen LogP contribution in [0.25, 0.3) is 0 Å². The molecule has 1 saturated heterocycles. The molecule has 0 unspecified atom stereocenters. The Balaban J connectivity index is 0.000000352. The number of rotatable bonds is 7. The maximum absolute atomic E-state index is 11.6. The first-order chi connectivity index (χ1) is 17.4. The Kier molecular flexibility index (Phi) is 16.6. The normalized spacial score (nSPS) is 15.7. The van der Waals surface area contributed by atoms with Gasteiger partial charge in [0.05, 0.1) is 6.10 Å². The number of primary amides is 2. The Morgan fingerprint density at radius 1 is 1.08 bits per heavy atom. The third-order valence-corrected chi connectivity index (χ3v) is 5.97. The molecule has 198 valence electrons. The lowest BCUT2D eigenvalue weighted by molar-refractivity contribution is -0.122. The summed E-state index contributed by atoms with van der Waals surface area (Å²) in [6.45, 7) is 9.65. The highest BCUT2D eigenvalue weighted by molar-refractivity contribution is 5.77. The molecule has 1 fully saturated rings. The number of hydrogen-bond acceptors (Lipinski definition) is 5. The van der Waals surface area contributed by atoms with Gasteiger partial charge in [-0.2, -0.15) is 0 Å². The topological polar surface area (TPSA) is 122 Å². The molecule has 2 amide bonds. The van der Waals surface area contributed by atoms with Gasteiger partial charge < -0.3 is 21.9 Å². The van der Waals surface area contributed by atoms with Gasteiger partial charge in [-0.25, -0.2) is 0 Å². The zero-order chi connectivity index (χ0) is 26.6. The van der Waals surface area contributed by atoms with Crippen molar-refractivity contribution < 1.29 is 14.7 Å². The third kappa shape index (κ3) is 13.2. The van der Waals surface area contributed by atoms with Gasteiger partial charge in [-0.3, -0.25) is 14.5 Å². The second-order valence-electron chi connectivity index (χ2n) is 8.90. The number of piperazine rings is 1. The number of β-amino-alcohol motifs (C(OH)–C–C–N with tert-alkyl or cyclic N) is 1. The summed E-state index contributed by atoms with van der Waals surface area (Å²) < 4.78 is 0. The lowest BCUT2D eigenvalue weighted by Crippen LogP contribution is -2.46. The summed E-state index contributed by atoms with van der Waals surface area (Å²) in [4.78, 5) is 22.4. The second-order valence-corrected chi connectivity index (χ2v) is 8.90. The molecule has 0 bridgehead atoms. The predicted molar refractivity (Wildman–Crippen MR) is 147 cm³/mol. The van der Waals surface area contributed by atoms with Crippen LogP contribution in [0.1, 0.15) is 36.5 Å². The number of amides is 2. The maximum Gasteiger partial charge on any atom is 0.220 e. The van der Waals surface area contributed by atoms with Crippen LogP contribution in [0.4, 0.5) is 0 Å². The first-order valence-corrected chi connectivity index (χ1v) is 12.7. The molecule has 1 heterocycles. The molecule has 2 aromatic rings. The van der Waals surface area contributed by atoms with E-state index in [0.29, 0.717) is 19.4 Å². The third-order valence-electron chi connectivity index (χ3n) is 5.97. The second kappa shape index (κ2) is 19.2. The van der Waals surface area contributed by atoms with E-state index in [1.807, 2.05) is 37.3 Å². The number of allylic oxidation sites excluding steroid dienone is 1. The monoisotopic (exact) mass is 496 g/mol. The number of carbonyl (C=O) groups is 2. The largest absolute Gasteiger partial charge is 0.392 e. The number of aliphatic hydroxyl groups is 1. The van der Waals surface area contributed by atoms with Crippen LogP contribution in [0.5, 0.6) is 0 Å². The first kappa shape index (κ1) is 31.0. The molecule has 1 aliphatic heterocycles. The number of fused-ring (bicyclic) bond motifs is 1. The van der Waals surface area contributed by atoms with Crippen molar-refractivity contribution in [2.24, 2.45) is 17.4 Å². The molecule has 1 aliphatic carbocycles. The van der Waals surface area contributed by atoms with Gasteiger partial charge in [0.2, 0.25) is 12.3 Å². The van der Waals surface area contributed by atoms with Crippen molar-refractivity contribution in [1.82, 2.24) is 10.2 Å². The Bertz CT molecular complexity index is 841. The molecule has 0 radical (unpaired) electrons. The molecule has 6 N–H and O–H groups in total. The quantitative estimate of drug-likeness (QED) is 0.347. The smallest absolute Gasteiger partial charge is 0.220 e. The minimum absolute atomic E-state index is 0.250. The fourth-order valence-corrected chi connectivity index (χ4v) is 4.31. The van der Waals surface area contributed by atoms with Crippen molar-refractivity contribution in [2.75, 3.05) is 32.7 Å². The summed E-state index contributed by atoms with van der Waals surface area (Å²) in [5, 5.41) is 13.5. The number of nitrogens with two attached hydrogens (primary N) is 2. The van der Waals surface area contributed by atoms with Crippen molar-refractivity contribution in [3.05, 3.63) is 83.9 Å². The Morgan fingerprint density at radius 2 is 1.58 bits per heavy atom. The highest BCUT2D eigenvalue weighted by Gasteiger charge is 2.22. The fourth-order valence-electron chi connectivity index (χ4n) is 4.31. The lowest BCUT2D eigenvalue weighted by atomic mass is 9.93. The van der Waals surface area contributed by atoms with Crippen molar-refractivity contribution in [2.45, 2.75) is 45.1 Å². The molecule has 7 nitrogen and oxygen atoms in total. The van der Waals surface area contributed by atoms with Gasteiger partial charge in [-0.1, -0.05) is 60.7 Å². The van der Waals surface area contributed by atoms with Gasteiger partial charge in [0.25, 0.3) is 0 Å². The number of carbonyl (C=O) groups excluding carboxylic acids is 2. The van der Waals surface area contributed by atoms with E-state index >= 15 is 0 Å². The molecule has 2 atom stereocenters. The van der Waals surface area contributed by atoms with E-state index < -0.39 is 6.10 Å². The highest BCUT2D eigenvalue weighted by Crippen LogP contribution is 2.20. The van der Waals surface area contributed by atoms with E-state index in [-0.39, 0.29) is 18.2 Å². The summed E-state index contributed by atoms with van der Waals surface area (Å²) in [5.41, 5.74) is 13.9. The Hall–Kier alpha value is -3.00. The molecule has 4 rings (SSSR count). The van der Waals surface area contributed by atoms with Gasteiger partial charge in [-0.15, -0.1) is 6.58 Å². The highest BCUT2D eigenvalue weighted by atomic mass is 16.3. The summed E-state index contributed by atoms with van der Waals surface area (Å²) >= 11 is 0. The number of aliphatic hydroxyl groups excluding tert-OH is 1. The molecular formula is C29H44N4O3. The van der Waals surface area contributed by atoms with Crippen molar-refractivity contribution >= 4 is 12.3 Å². The number of aryl methyl sites for hydroxylation is 2. The summed E-state index contributed by atoms with van der Waals surface area (Å²) in [7, 11) is 0. The van der Waals surface area contributed by atoms with Gasteiger partial charge in [0.1, 0.15) is 0 Å². The lowest BCUT2D eigenvalue weighted by Gasteiger charge is -2.30. The molecule has 2 aromatic carbocycles. The van der Waals surface area contributed by atoms with Crippen LogP contribution in [0.15, 0.2) is 67.3 Å². The van der Waals surface area contributed by atoms with E-state index in [9.17, 15) is 9.90 Å². The van der Waals surface area contributed by atoms with Crippen LogP contribution in [-0.4, -0.2) is 61.2 Å². The molecule has 36 heavy (non-hydrogen) atoms. The minimum atomic E-state index is -0.510. The average molecular weight is 497 g/mol. The SMILES string of the molecule is C=CC.NC(=O)[C@H](Cc1ccccc1)C[C@H](O)CN1CCNCC1.NC=O.c1ccc2c(c1)CCC2. The minimum Gasteiger partial charge on any atom is -0.392 e. The molecule has 2 aliphatic rings. The van der Waals surface area contributed by atoms with Crippen LogP contribution in [-0.2, 0) is 28.9 Å². The standard InChI is InChI=1S/C16H25N3O2.C9H10.C3H6.CH3NO/c17-16(21)14(10-13-4-2-1-3-5-13)11-15(20)12-19-8-6-18-7-9-19;1-2-5-9-7-3-6-8(9)4-1;1-3-2;2-1-3/h1-5,14-15,18,20H,6-12H2,(H2,17,21);1-2,4-5H,3,6-7H2;3H,1H2,2H3;1H,(H2,2,3)/t14-,15+;;;/m1.../s1. The van der Waals surface area contributed by atoms with Gasteiger partial charge in [0, 0.05) is 38.6 Å². The number of benzene rings is 2. The maximum atomic E-state index is 11.6. The Morgan fingerprint density at radius 3 is 2.08 bits per heavy atom. The van der Waals surface area contributed by atoms with E-state index in [4.69, 9.17) is 10.5 Å². The number of nitrogens with one attached hydrogen (secondary N) is 1. The van der Waals surface area contributed by atoms with E-state index in [0.717, 1.165) is 31.7 Å². The first-order valence-electron chi connectivity index (χ1n) is 12.7. The van der Waals surface area contributed by atoms with Gasteiger partial charge in [0.15, 0.2) is 0 Å². The molecule has 0 spiro atoms. The number of hydrogen-bond donors (Lipinski definition) is 4. The molecular weight excluding hydrogens is 452 g/mol. The van der Waals surface area contributed by atoms with Crippen LogP contribution in [0.3, 0.4) is 0 Å². The molecule has 0 aromatic heterocycles. The van der Waals surface area contributed by atoms with E-state index in [1.54, 1.807) is 17.2 Å². The zero-order valence-electron chi connectivity index (χ0n) is 21.6. The molecule has 7 heteroatoms. The van der Waals surface area contributed by atoms with Crippen molar-refractivity contribution in [1.29, 1.82) is 0 Å². The summed E-state index contributed by atoms with van der Waals surface area (Å²) in [6, 6.07) is 18.5. The Labute approximate surface area is 216 Å². The van der Waals surface area contributed by atoms with Gasteiger partial charge >= 0.3 is 0 Å². The summed E-state index contributed by atoms with van der Waals surface area (Å²) in [6.07, 6.45) is 6.47. The van der Waals surface area contributed by atoms with Crippen LogP contribution < -0.4 is 16.8 Å². The number of nitrogens with zero attached hydrogens (tertiary/aromatic N) is 1. The molecule has 0 saturated carbocycles. The van der Waals surface area contributed by atoms with Crippen LogP contribution >= 0.6 is 0 Å².